The Kier molecular flexibility index (Phi) is 5.16. The Hall–Kier alpha value is -2.34. The summed E-state index contributed by atoms with van der Waals surface area (Å²) in [5.41, 5.74) is 1.18. The fraction of sp³-hybridized carbons (Fsp3) is 0.364. The maximum atomic E-state index is 10.3. The third kappa shape index (κ3) is 4.00. The molecule has 2 aromatic carbocycles. The molecule has 0 saturated carbocycles. The minimum Gasteiger partial charge on any atom is -0.393 e. The summed E-state index contributed by atoms with van der Waals surface area (Å²) in [4.78, 5) is 11.5. The molecule has 0 radical (unpaired) electrons. The summed E-state index contributed by atoms with van der Waals surface area (Å²) in [6, 6.07) is 14.5. The molecule has 0 aliphatic carbocycles. The van der Waals surface area contributed by atoms with E-state index in [0.29, 0.717) is 12.8 Å². The zero-order valence-corrected chi connectivity index (χ0v) is 15.4. The van der Waals surface area contributed by atoms with Crippen molar-refractivity contribution >= 4 is 10.8 Å². The van der Waals surface area contributed by atoms with Crippen molar-refractivity contribution in [3.63, 3.8) is 0 Å². The first-order valence-electron chi connectivity index (χ1n) is 9.52. The number of aliphatic hydroxyl groups is 2. The SMILES string of the molecule is OC[C@]1(O)CCCN(Cc2cnc(-c3cccc4ccccc34)nc2)CC1. The largest absolute Gasteiger partial charge is 0.393 e. The zero-order valence-electron chi connectivity index (χ0n) is 15.4. The van der Waals surface area contributed by atoms with Gasteiger partial charge in [0.25, 0.3) is 0 Å². The Morgan fingerprint density at radius 1 is 0.963 bits per heavy atom. The Bertz CT molecular complexity index is 908. The molecular weight excluding hydrogens is 338 g/mol. The number of aliphatic hydroxyl groups excluding tert-OH is 1. The molecule has 1 fully saturated rings. The minimum atomic E-state index is -0.927. The van der Waals surface area contributed by atoms with Gasteiger partial charge in [0.05, 0.1) is 12.2 Å². The van der Waals surface area contributed by atoms with Gasteiger partial charge in [0, 0.05) is 36.6 Å². The monoisotopic (exact) mass is 363 g/mol. The van der Waals surface area contributed by atoms with E-state index in [0.717, 1.165) is 48.4 Å². The quantitative estimate of drug-likeness (QED) is 0.746. The van der Waals surface area contributed by atoms with Gasteiger partial charge in [-0.05, 0) is 36.6 Å². The second-order valence-electron chi connectivity index (χ2n) is 7.45. The van der Waals surface area contributed by atoms with Crippen LogP contribution >= 0.6 is 0 Å². The Labute approximate surface area is 159 Å². The van der Waals surface area contributed by atoms with Gasteiger partial charge in [0.1, 0.15) is 0 Å². The molecule has 1 aliphatic heterocycles. The normalized spacial score (nSPS) is 21.3. The van der Waals surface area contributed by atoms with Crippen LogP contribution in [0, 0.1) is 0 Å². The first kappa shape index (κ1) is 18.0. The second kappa shape index (κ2) is 7.72. The highest BCUT2D eigenvalue weighted by atomic mass is 16.3. The molecule has 0 spiro atoms. The molecule has 2 N–H and O–H groups in total. The van der Waals surface area contributed by atoms with Gasteiger partial charge in [0.15, 0.2) is 5.82 Å². The molecule has 2 heterocycles. The summed E-state index contributed by atoms with van der Waals surface area (Å²) in [6.45, 7) is 2.27. The summed E-state index contributed by atoms with van der Waals surface area (Å²) in [6.07, 6.45) is 5.92. The van der Waals surface area contributed by atoms with E-state index in [9.17, 15) is 10.2 Å². The fourth-order valence-electron chi connectivity index (χ4n) is 3.81. The molecule has 140 valence electrons. The molecule has 5 heteroatoms. The number of likely N-dealkylation sites (tertiary alicyclic amines) is 1. The van der Waals surface area contributed by atoms with Gasteiger partial charge in [-0.15, -0.1) is 0 Å². The predicted molar refractivity (Wildman–Crippen MR) is 106 cm³/mol. The summed E-state index contributed by atoms with van der Waals surface area (Å²) >= 11 is 0. The molecule has 1 atom stereocenters. The van der Waals surface area contributed by atoms with Gasteiger partial charge in [-0.1, -0.05) is 42.5 Å². The van der Waals surface area contributed by atoms with E-state index in [2.05, 4.69) is 39.1 Å². The minimum absolute atomic E-state index is 0.163. The van der Waals surface area contributed by atoms with Crippen molar-refractivity contribution in [2.45, 2.75) is 31.4 Å². The number of hydrogen-bond acceptors (Lipinski definition) is 5. The van der Waals surface area contributed by atoms with Crippen LogP contribution in [0.15, 0.2) is 54.9 Å². The van der Waals surface area contributed by atoms with Crippen molar-refractivity contribution < 1.29 is 10.2 Å². The van der Waals surface area contributed by atoms with Gasteiger partial charge in [0.2, 0.25) is 0 Å². The highest BCUT2D eigenvalue weighted by molar-refractivity contribution is 5.94. The lowest BCUT2D eigenvalue weighted by Gasteiger charge is -2.24. The third-order valence-electron chi connectivity index (χ3n) is 5.45. The van der Waals surface area contributed by atoms with Crippen LogP contribution in [0.4, 0.5) is 0 Å². The molecule has 3 aromatic rings. The van der Waals surface area contributed by atoms with Gasteiger partial charge in [-0.2, -0.15) is 0 Å². The number of fused-ring (bicyclic) bond motifs is 1. The molecule has 0 unspecified atom stereocenters. The van der Waals surface area contributed by atoms with E-state index in [1.165, 1.54) is 5.39 Å². The van der Waals surface area contributed by atoms with Crippen LogP contribution < -0.4 is 0 Å². The Balaban J connectivity index is 1.49. The highest BCUT2D eigenvalue weighted by Gasteiger charge is 2.29. The predicted octanol–water partition coefficient (Wildman–Crippen LogP) is 3.01. The third-order valence-corrected chi connectivity index (χ3v) is 5.45. The summed E-state index contributed by atoms with van der Waals surface area (Å²) in [7, 11) is 0. The van der Waals surface area contributed by atoms with Crippen molar-refractivity contribution in [3.8, 4) is 11.4 Å². The number of aromatic nitrogens is 2. The van der Waals surface area contributed by atoms with Crippen LogP contribution in [0.25, 0.3) is 22.2 Å². The molecule has 4 rings (SSSR count). The molecule has 1 aromatic heterocycles. The maximum Gasteiger partial charge on any atom is 0.159 e. The van der Waals surface area contributed by atoms with E-state index in [4.69, 9.17) is 0 Å². The molecule has 0 bridgehead atoms. The average Bonchev–Trinajstić information content (AvgIpc) is 2.90. The standard InChI is InChI=1S/C22H25N3O2/c26-16-22(27)9-4-11-25(12-10-22)15-17-13-23-21(24-14-17)20-8-3-6-18-5-1-2-7-19(18)20/h1-3,5-8,13-14,26-27H,4,9-12,15-16H2/t22-/m0/s1. The lowest BCUT2D eigenvalue weighted by Crippen LogP contribution is -2.34. The van der Waals surface area contributed by atoms with Crippen molar-refractivity contribution in [2.75, 3.05) is 19.7 Å². The van der Waals surface area contributed by atoms with Crippen LogP contribution in [-0.4, -0.2) is 50.4 Å². The number of rotatable bonds is 4. The number of hydrogen-bond donors (Lipinski definition) is 2. The molecule has 27 heavy (non-hydrogen) atoms. The number of nitrogens with zero attached hydrogens (tertiary/aromatic N) is 3. The van der Waals surface area contributed by atoms with Gasteiger partial charge >= 0.3 is 0 Å². The first-order valence-corrected chi connectivity index (χ1v) is 9.52. The smallest absolute Gasteiger partial charge is 0.159 e. The topological polar surface area (TPSA) is 69.5 Å². The fourth-order valence-corrected chi connectivity index (χ4v) is 3.81. The molecule has 1 saturated heterocycles. The van der Waals surface area contributed by atoms with Crippen LogP contribution in [0.1, 0.15) is 24.8 Å². The van der Waals surface area contributed by atoms with Gasteiger partial charge < -0.3 is 10.2 Å². The molecular formula is C22H25N3O2. The van der Waals surface area contributed by atoms with E-state index in [1.54, 1.807) is 0 Å². The van der Waals surface area contributed by atoms with E-state index in [1.807, 2.05) is 30.6 Å². The molecule has 5 nitrogen and oxygen atoms in total. The lowest BCUT2D eigenvalue weighted by molar-refractivity contribution is -0.0255. The van der Waals surface area contributed by atoms with E-state index < -0.39 is 5.60 Å². The van der Waals surface area contributed by atoms with Crippen LogP contribution in [0.2, 0.25) is 0 Å². The van der Waals surface area contributed by atoms with Crippen molar-refractivity contribution in [1.82, 2.24) is 14.9 Å². The van der Waals surface area contributed by atoms with Crippen molar-refractivity contribution in [1.29, 1.82) is 0 Å². The maximum absolute atomic E-state index is 10.3. The second-order valence-corrected chi connectivity index (χ2v) is 7.45. The van der Waals surface area contributed by atoms with Crippen molar-refractivity contribution in [3.05, 3.63) is 60.4 Å². The lowest BCUT2D eigenvalue weighted by atomic mass is 9.96. The van der Waals surface area contributed by atoms with Crippen LogP contribution in [0.5, 0.6) is 0 Å². The Morgan fingerprint density at radius 2 is 1.74 bits per heavy atom. The van der Waals surface area contributed by atoms with E-state index in [-0.39, 0.29) is 6.61 Å². The summed E-state index contributed by atoms with van der Waals surface area (Å²) < 4.78 is 0. The molecule has 0 amide bonds. The van der Waals surface area contributed by atoms with Gasteiger partial charge in [-0.3, -0.25) is 4.90 Å². The Morgan fingerprint density at radius 3 is 2.56 bits per heavy atom. The van der Waals surface area contributed by atoms with Crippen LogP contribution in [0.3, 0.4) is 0 Å². The summed E-state index contributed by atoms with van der Waals surface area (Å²) in [5.74, 6) is 0.737. The number of benzene rings is 2. The van der Waals surface area contributed by atoms with Gasteiger partial charge in [-0.25, -0.2) is 9.97 Å². The average molecular weight is 363 g/mol. The highest BCUT2D eigenvalue weighted by Crippen LogP contribution is 2.26. The zero-order chi connectivity index (χ0) is 18.7. The molecule has 1 aliphatic rings. The van der Waals surface area contributed by atoms with Crippen molar-refractivity contribution in [2.24, 2.45) is 0 Å². The summed E-state index contributed by atoms with van der Waals surface area (Å²) in [5, 5.41) is 22.0. The van der Waals surface area contributed by atoms with E-state index >= 15 is 0 Å². The first-order chi connectivity index (χ1) is 13.2. The van der Waals surface area contributed by atoms with Crippen LogP contribution in [-0.2, 0) is 6.54 Å².